The van der Waals surface area contributed by atoms with Crippen molar-refractivity contribution in [1.82, 2.24) is 4.90 Å². The topological polar surface area (TPSA) is 40.5 Å². The zero-order chi connectivity index (χ0) is 12.4. The minimum atomic E-state index is 0.106. The SMILES string of the molecule is Cc1ccc(CN2CC(CO)CC2=O)cc1C. The number of amides is 1. The standard InChI is InChI=1S/C14H19NO2/c1-10-3-4-12(5-11(10)2)7-15-8-13(9-16)6-14(15)17/h3-5,13,16H,6-9H2,1-2H3. The average molecular weight is 233 g/mol. The third-order valence-electron chi connectivity index (χ3n) is 3.50. The molecule has 0 spiro atoms. The van der Waals surface area contributed by atoms with Crippen LogP contribution < -0.4 is 0 Å². The van der Waals surface area contributed by atoms with Gasteiger partial charge in [0, 0.05) is 32.0 Å². The van der Waals surface area contributed by atoms with Crippen molar-refractivity contribution in [3.05, 3.63) is 34.9 Å². The highest BCUT2D eigenvalue weighted by molar-refractivity contribution is 5.78. The Labute approximate surface area is 102 Å². The first-order chi connectivity index (χ1) is 8.10. The molecule has 17 heavy (non-hydrogen) atoms. The van der Waals surface area contributed by atoms with Gasteiger partial charge in [-0.05, 0) is 30.5 Å². The molecule has 0 saturated carbocycles. The van der Waals surface area contributed by atoms with Gasteiger partial charge < -0.3 is 10.0 Å². The van der Waals surface area contributed by atoms with Gasteiger partial charge in [-0.15, -0.1) is 0 Å². The predicted molar refractivity (Wildman–Crippen MR) is 66.5 cm³/mol. The monoisotopic (exact) mass is 233 g/mol. The van der Waals surface area contributed by atoms with Crippen LogP contribution >= 0.6 is 0 Å². The van der Waals surface area contributed by atoms with Crippen LogP contribution in [0.15, 0.2) is 18.2 Å². The van der Waals surface area contributed by atoms with Crippen LogP contribution in [0.3, 0.4) is 0 Å². The van der Waals surface area contributed by atoms with E-state index in [2.05, 4.69) is 32.0 Å². The van der Waals surface area contributed by atoms with Crippen molar-refractivity contribution in [2.45, 2.75) is 26.8 Å². The average Bonchev–Trinajstić information content (AvgIpc) is 2.65. The van der Waals surface area contributed by atoms with Crippen molar-refractivity contribution < 1.29 is 9.90 Å². The molecule has 1 N–H and O–H groups in total. The zero-order valence-corrected chi connectivity index (χ0v) is 10.4. The van der Waals surface area contributed by atoms with Crippen molar-refractivity contribution in [2.24, 2.45) is 5.92 Å². The van der Waals surface area contributed by atoms with E-state index in [0.29, 0.717) is 19.5 Å². The lowest BCUT2D eigenvalue weighted by Crippen LogP contribution is -2.25. The number of hydrogen-bond donors (Lipinski definition) is 1. The molecule has 92 valence electrons. The van der Waals surface area contributed by atoms with Crippen LogP contribution in [-0.4, -0.2) is 29.1 Å². The molecule has 1 aromatic rings. The van der Waals surface area contributed by atoms with Crippen LogP contribution in [-0.2, 0) is 11.3 Å². The summed E-state index contributed by atoms with van der Waals surface area (Å²) in [6, 6.07) is 6.30. The second kappa shape index (κ2) is 4.88. The summed E-state index contributed by atoms with van der Waals surface area (Å²) in [5, 5.41) is 9.07. The smallest absolute Gasteiger partial charge is 0.223 e. The van der Waals surface area contributed by atoms with Crippen LogP contribution in [0.25, 0.3) is 0 Å². The lowest BCUT2D eigenvalue weighted by molar-refractivity contribution is -0.128. The molecule has 1 aliphatic rings. The number of aliphatic hydroxyl groups excluding tert-OH is 1. The van der Waals surface area contributed by atoms with E-state index in [-0.39, 0.29) is 18.4 Å². The molecule has 1 amide bonds. The largest absolute Gasteiger partial charge is 0.396 e. The molecule has 1 unspecified atom stereocenters. The Morgan fingerprint density at radius 3 is 2.71 bits per heavy atom. The number of carbonyl (C=O) groups is 1. The first-order valence-corrected chi connectivity index (χ1v) is 6.05. The Hall–Kier alpha value is -1.35. The normalized spacial score (nSPS) is 20.1. The molecule has 1 aliphatic heterocycles. The van der Waals surface area contributed by atoms with Crippen LogP contribution in [0.2, 0.25) is 0 Å². The van der Waals surface area contributed by atoms with Gasteiger partial charge in [0.05, 0.1) is 0 Å². The molecule has 1 aromatic carbocycles. The van der Waals surface area contributed by atoms with Gasteiger partial charge >= 0.3 is 0 Å². The molecule has 3 heteroatoms. The van der Waals surface area contributed by atoms with E-state index in [1.165, 1.54) is 16.7 Å². The number of carbonyl (C=O) groups excluding carboxylic acids is 1. The number of aryl methyl sites for hydroxylation is 2. The third kappa shape index (κ3) is 2.67. The maximum atomic E-state index is 11.7. The van der Waals surface area contributed by atoms with Gasteiger partial charge in [-0.1, -0.05) is 18.2 Å². The van der Waals surface area contributed by atoms with Crippen LogP contribution in [0.1, 0.15) is 23.1 Å². The summed E-state index contributed by atoms with van der Waals surface area (Å²) in [6.07, 6.45) is 0.487. The Kier molecular flexibility index (Phi) is 3.48. The van der Waals surface area contributed by atoms with Gasteiger partial charge in [-0.25, -0.2) is 0 Å². The fraction of sp³-hybridized carbons (Fsp3) is 0.500. The maximum absolute atomic E-state index is 11.7. The van der Waals surface area contributed by atoms with E-state index in [1.807, 2.05) is 4.90 Å². The number of likely N-dealkylation sites (tertiary alicyclic amines) is 1. The summed E-state index contributed by atoms with van der Waals surface area (Å²) < 4.78 is 0. The van der Waals surface area contributed by atoms with Gasteiger partial charge in [0.25, 0.3) is 0 Å². The van der Waals surface area contributed by atoms with Crippen molar-refractivity contribution in [1.29, 1.82) is 0 Å². The summed E-state index contributed by atoms with van der Waals surface area (Å²) in [5.74, 6) is 0.274. The molecular weight excluding hydrogens is 214 g/mol. The van der Waals surface area contributed by atoms with Gasteiger partial charge in [0.15, 0.2) is 0 Å². The quantitative estimate of drug-likeness (QED) is 0.862. The van der Waals surface area contributed by atoms with Crippen molar-refractivity contribution >= 4 is 5.91 Å². The van der Waals surface area contributed by atoms with Crippen LogP contribution in [0.5, 0.6) is 0 Å². The summed E-state index contributed by atoms with van der Waals surface area (Å²) in [6.45, 7) is 5.62. The van der Waals surface area contributed by atoms with Crippen molar-refractivity contribution in [2.75, 3.05) is 13.2 Å². The second-order valence-corrected chi connectivity index (χ2v) is 4.95. The Morgan fingerprint density at radius 1 is 1.35 bits per heavy atom. The number of benzene rings is 1. The molecule has 1 fully saturated rings. The highest BCUT2D eigenvalue weighted by Crippen LogP contribution is 2.20. The van der Waals surface area contributed by atoms with E-state index in [1.54, 1.807) is 0 Å². The number of hydrogen-bond acceptors (Lipinski definition) is 2. The van der Waals surface area contributed by atoms with E-state index < -0.39 is 0 Å². The summed E-state index contributed by atoms with van der Waals surface area (Å²) in [7, 11) is 0. The van der Waals surface area contributed by atoms with Crippen molar-refractivity contribution in [3.8, 4) is 0 Å². The second-order valence-electron chi connectivity index (χ2n) is 4.95. The summed E-state index contributed by atoms with van der Waals surface area (Å²) in [5.41, 5.74) is 3.70. The number of aliphatic hydroxyl groups is 1. The molecule has 0 bridgehead atoms. The minimum absolute atomic E-state index is 0.106. The first-order valence-electron chi connectivity index (χ1n) is 6.05. The molecule has 1 atom stereocenters. The lowest BCUT2D eigenvalue weighted by Gasteiger charge is -2.17. The highest BCUT2D eigenvalue weighted by atomic mass is 16.3. The fourth-order valence-electron chi connectivity index (χ4n) is 2.25. The van der Waals surface area contributed by atoms with Gasteiger partial charge in [-0.3, -0.25) is 4.79 Å². The van der Waals surface area contributed by atoms with Crippen LogP contribution in [0, 0.1) is 19.8 Å². The Morgan fingerprint density at radius 2 is 2.12 bits per heavy atom. The predicted octanol–water partition coefficient (Wildman–Crippen LogP) is 1.64. The number of rotatable bonds is 3. The van der Waals surface area contributed by atoms with E-state index >= 15 is 0 Å². The van der Waals surface area contributed by atoms with Gasteiger partial charge in [0.1, 0.15) is 0 Å². The molecule has 0 radical (unpaired) electrons. The van der Waals surface area contributed by atoms with E-state index in [4.69, 9.17) is 5.11 Å². The molecule has 3 nitrogen and oxygen atoms in total. The maximum Gasteiger partial charge on any atom is 0.223 e. The zero-order valence-electron chi connectivity index (χ0n) is 10.4. The number of nitrogens with zero attached hydrogens (tertiary/aromatic N) is 1. The third-order valence-corrected chi connectivity index (χ3v) is 3.50. The Bertz CT molecular complexity index is 428. The molecular formula is C14H19NO2. The lowest BCUT2D eigenvalue weighted by atomic mass is 10.1. The Balaban J connectivity index is 2.06. The molecule has 2 rings (SSSR count). The van der Waals surface area contributed by atoms with E-state index in [9.17, 15) is 4.79 Å². The minimum Gasteiger partial charge on any atom is -0.396 e. The molecule has 1 heterocycles. The van der Waals surface area contributed by atoms with Crippen LogP contribution in [0.4, 0.5) is 0 Å². The van der Waals surface area contributed by atoms with Gasteiger partial charge in [-0.2, -0.15) is 0 Å². The summed E-state index contributed by atoms with van der Waals surface area (Å²) >= 11 is 0. The molecule has 0 aromatic heterocycles. The summed E-state index contributed by atoms with van der Waals surface area (Å²) in [4.78, 5) is 13.6. The molecule has 0 aliphatic carbocycles. The fourth-order valence-corrected chi connectivity index (χ4v) is 2.25. The first kappa shape index (κ1) is 12.1. The van der Waals surface area contributed by atoms with Gasteiger partial charge in [0.2, 0.25) is 5.91 Å². The van der Waals surface area contributed by atoms with E-state index in [0.717, 1.165) is 0 Å². The highest BCUT2D eigenvalue weighted by Gasteiger charge is 2.28. The van der Waals surface area contributed by atoms with Crippen molar-refractivity contribution in [3.63, 3.8) is 0 Å². The molecule has 1 saturated heterocycles.